The maximum atomic E-state index is 6.10. The first-order valence-electron chi connectivity index (χ1n) is 6.86. The Morgan fingerprint density at radius 2 is 2.10 bits per heavy atom. The van der Waals surface area contributed by atoms with Gasteiger partial charge < -0.3 is 5.32 Å². The number of nitrogens with one attached hydrogen (secondary N) is 1. The van der Waals surface area contributed by atoms with E-state index in [1.54, 1.807) is 6.20 Å². The molecule has 0 spiro atoms. The highest BCUT2D eigenvalue weighted by Crippen LogP contribution is 2.33. The standard InChI is InChI=1S/C16H13ClN4/c17-11-4-3-5-12(10-11)21-16-13(7-9-19-16)15(20-21)14-6-1-2-8-18-14/h1-6,8,10,19H,7,9H2. The van der Waals surface area contributed by atoms with E-state index in [0.29, 0.717) is 5.02 Å². The molecule has 4 nitrogen and oxygen atoms in total. The lowest BCUT2D eigenvalue weighted by molar-refractivity contribution is 0.880. The molecule has 0 bridgehead atoms. The van der Waals surface area contributed by atoms with Crippen LogP contribution in [0, 0.1) is 0 Å². The molecule has 3 aromatic rings. The summed E-state index contributed by atoms with van der Waals surface area (Å²) in [5.74, 6) is 1.04. The van der Waals surface area contributed by atoms with E-state index < -0.39 is 0 Å². The van der Waals surface area contributed by atoms with E-state index in [2.05, 4.69) is 10.3 Å². The molecule has 0 saturated heterocycles. The van der Waals surface area contributed by atoms with Gasteiger partial charge in [0.25, 0.3) is 0 Å². The van der Waals surface area contributed by atoms with Crippen LogP contribution in [0.2, 0.25) is 5.02 Å². The third-order valence-corrected chi connectivity index (χ3v) is 3.85. The average Bonchev–Trinajstić information content (AvgIpc) is 3.10. The van der Waals surface area contributed by atoms with Gasteiger partial charge in [0.05, 0.1) is 11.4 Å². The highest BCUT2D eigenvalue weighted by atomic mass is 35.5. The molecule has 0 amide bonds. The maximum absolute atomic E-state index is 6.10. The Labute approximate surface area is 127 Å². The van der Waals surface area contributed by atoms with Gasteiger partial charge in [0.2, 0.25) is 0 Å². The molecule has 0 atom stereocenters. The summed E-state index contributed by atoms with van der Waals surface area (Å²) in [6.07, 6.45) is 2.75. The molecule has 1 aliphatic rings. The molecular weight excluding hydrogens is 284 g/mol. The molecule has 104 valence electrons. The zero-order valence-corrected chi connectivity index (χ0v) is 12.0. The fourth-order valence-electron chi connectivity index (χ4n) is 2.68. The number of aromatic nitrogens is 3. The van der Waals surface area contributed by atoms with Crippen LogP contribution >= 0.6 is 11.6 Å². The minimum Gasteiger partial charge on any atom is -0.369 e. The van der Waals surface area contributed by atoms with Gasteiger partial charge in [-0.15, -0.1) is 0 Å². The first kappa shape index (κ1) is 12.4. The van der Waals surface area contributed by atoms with E-state index in [1.165, 1.54) is 5.56 Å². The molecule has 0 fully saturated rings. The molecule has 5 heteroatoms. The molecule has 1 N–H and O–H groups in total. The highest BCUT2D eigenvalue weighted by Gasteiger charge is 2.24. The van der Waals surface area contributed by atoms with Crippen LogP contribution in [0.4, 0.5) is 5.82 Å². The van der Waals surface area contributed by atoms with Crippen molar-refractivity contribution < 1.29 is 0 Å². The summed E-state index contributed by atoms with van der Waals surface area (Å²) in [5.41, 5.74) is 4.01. The van der Waals surface area contributed by atoms with E-state index >= 15 is 0 Å². The molecule has 3 heterocycles. The largest absolute Gasteiger partial charge is 0.369 e. The van der Waals surface area contributed by atoms with Crippen LogP contribution < -0.4 is 5.32 Å². The van der Waals surface area contributed by atoms with Gasteiger partial charge in [-0.3, -0.25) is 4.98 Å². The van der Waals surface area contributed by atoms with E-state index in [1.807, 2.05) is 47.1 Å². The molecule has 4 rings (SSSR count). The van der Waals surface area contributed by atoms with E-state index in [9.17, 15) is 0 Å². The Morgan fingerprint density at radius 3 is 2.90 bits per heavy atom. The van der Waals surface area contributed by atoms with Gasteiger partial charge in [-0.25, -0.2) is 4.68 Å². The van der Waals surface area contributed by atoms with Crippen LogP contribution in [0.5, 0.6) is 0 Å². The fourth-order valence-corrected chi connectivity index (χ4v) is 2.86. The molecule has 0 radical (unpaired) electrons. The summed E-state index contributed by atoms with van der Waals surface area (Å²) in [5, 5.41) is 8.86. The van der Waals surface area contributed by atoms with Gasteiger partial charge in [0.15, 0.2) is 0 Å². The van der Waals surface area contributed by atoms with E-state index in [0.717, 1.165) is 35.9 Å². The number of halogens is 1. The lowest BCUT2D eigenvalue weighted by Gasteiger charge is -2.06. The number of pyridine rings is 1. The predicted octanol–water partition coefficient (Wildman–Crippen LogP) is 3.56. The van der Waals surface area contributed by atoms with Crippen LogP contribution in [0.3, 0.4) is 0 Å². The molecule has 1 aliphatic heterocycles. The maximum Gasteiger partial charge on any atom is 0.133 e. The molecule has 0 saturated carbocycles. The summed E-state index contributed by atoms with van der Waals surface area (Å²) in [6, 6.07) is 13.6. The van der Waals surface area contributed by atoms with Crippen molar-refractivity contribution in [2.45, 2.75) is 6.42 Å². The molecular formula is C16H13ClN4. The molecule has 1 aromatic carbocycles. The average molecular weight is 297 g/mol. The van der Waals surface area contributed by atoms with Crippen LogP contribution in [0.15, 0.2) is 48.7 Å². The third-order valence-electron chi connectivity index (χ3n) is 3.61. The first-order valence-corrected chi connectivity index (χ1v) is 7.24. The van der Waals surface area contributed by atoms with Crippen molar-refractivity contribution in [3.05, 3.63) is 59.2 Å². The summed E-state index contributed by atoms with van der Waals surface area (Å²) in [6.45, 7) is 0.924. The topological polar surface area (TPSA) is 42.7 Å². The summed E-state index contributed by atoms with van der Waals surface area (Å²) >= 11 is 6.10. The SMILES string of the molecule is Clc1cccc(-n2nc(-c3ccccn3)c3c2NCC3)c1. The zero-order chi connectivity index (χ0) is 14.2. The van der Waals surface area contributed by atoms with Crippen LogP contribution in [-0.2, 0) is 6.42 Å². The number of hydrogen-bond donors (Lipinski definition) is 1. The van der Waals surface area contributed by atoms with Gasteiger partial charge in [-0.05, 0) is 36.8 Å². The van der Waals surface area contributed by atoms with Crippen molar-refractivity contribution in [2.75, 3.05) is 11.9 Å². The van der Waals surface area contributed by atoms with Crippen molar-refractivity contribution in [1.29, 1.82) is 0 Å². The smallest absolute Gasteiger partial charge is 0.133 e. The van der Waals surface area contributed by atoms with Crippen molar-refractivity contribution in [3.63, 3.8) is 0 Å². The second kappa shape index (κ2) is 4.90. The second-order valence-corrected chi connectivity index (χ2v) is 5.40. The van der Waals surface area contributed by atoms with Gasteiger partial charge >= 0.3 is 0 Å². The number of nitrogens with zero attached hydrogens (tertiary/aromatic N) is 3. The lowest BCUT2D eigenvalue weighted by Crippen LogP contribution is -2.04. The quantitative estimate of drug-likeness (QED) is 0.786. The number of fused-ring (bicyclic) bond motifs is 1. The van der Waals surface area contributed by atoms with Crippen molar-refractivity contribution >= 4 is 17.4 Å². The molecule has 2 aromatic heterocycles. The zero-order valence-electron chi connectivity index (χ0n) is 11.3. The highest BCUT2D eigenvalue weighted by molar-refractivity contribution is 6.30. The Bertz CT molecular complexity index is 795. The summed E-state index contributed by atoms with van der Waals surface area (Å²) in [7, 11) is 0. The van der Waals surface area contributed by atoms with Gasteiger partial charge in [0.1, 0.15) is 11.5 Å². The molecule has 0 aliphatic carbocycles. The number of anilines is 1. The Hall–Kier alpha value is -2.33. The minimum absolute atomic E-state index is 0.703. The van der Waals surface area contributed by atoms with Crippen LogP contribution in [0.1, 0.15) is 5.56 Å². The second-order valence-electron chi connectivity index (χ2n) is 4.96. The van der Waals surface area contributed by atoms with Crippen LogP contribution in [0.25, 0.3) is 17.1 Å². The predicted molar refractivity (Wildman–Crippen MR) is 84.0 cm³/mol. The lowest BCUT2D eigenvalue weighted by atomic mass is 10.1. The Kier molecular flexibility index (Phi) is 2.89. The first-order chi connectivity index (χ1) is 10.3. The van der Waals surface area contributed by atoms with E-state index in [4.69, 9.17) is 16.7 Å². The van der Waals surface area contributed by atoms with Gasteiger partial charge in [-0.1, -0.05) is 23.7 Å². The van der Waals surface area contributed by atoms with Gasteiger partial charge in [0, 0.05) is 23.3 Å². The number of benzene rings is 1. The minimum atomic E-state index is 0.703. The molecule has 0 unspecified atom stereocenters. The Morgan fingerprint density at radius 1 is 1.14 bits per heavy atom. The van der Waals surface area contributed by atoms with E-state index in [-0.39, 0.29) is 0 Å². The van der Waals surface area contributed by atoms with Crippen LogP contribution in [-0.4, -0.2) is 21.3 Å². The summed E-state index contributed by atoms with van der Waals surface area (Å²) < 4.78 is 1.91. The Balaban J connectivity index is 1.91. The fraction of sp³-hybridized carbons (Fsp3) is 0.125. The normalized spacial score (nSPS) is 13.0. The summed E-state index contributed by atoms with van der Waals surface area (Å²) in [4.78, 5) is 4.42. The van der Waals surface area contributed by atoms with Gasteiger partial charge in [-0.2, -0.15) is 5.10 Å². The number of hydrogen-bond acceptors (Lipinski definition) is 3. The third kappa shape index (κ3) is 2.08. The number of rotatable bonds is 2. The van der Waals surface area contributed by atoms with Crippen molar-refractivity contribution in [1.82, 2.24) is 14.8 Å². The monoisotopic (exact) mass is 296 g/mol. The molecule has 21 heavy (non-hydrogen) atoms. The van der Waals surface area contributed by atoms with Crippen molar-refractivity contribution in [3.8, 4) is 17.1 Å². The van der Waals surface area contributed by atoms with Crippen molar-refractivity contribution in [2.24, 2.45) is 0 Å².